The molecule has 2 rings (SSSR count). The number of ether oxygens (including phenoxy) is 3. The number of nitrogens with zero attached hydrogens (tertiary/aromatic N) is 1. The van der Waals surface area contributed by atoms with Gasteiger partial charge in [0.15, 0.2) is 11.4 Å². The van der Waals surface area contributed by atoms with E-state index in [0.717, 1.165) is 12.8 Å². The number of methoxy groups -OCH3 is 1. The summed E-state index contributed by atoms with van der Waals surface area (Å²) < 4.78 is 17.0. The highest BCUT2D eigenvalue weighted by Gasteiger charge is 2.34. The average molecular weight is 527 g/mol. The molecule has 1 aromatic carbocycles. The highest BCUT2D eigenvalue weighted by molar-refractivity contribution is 5.98. The SMILES string of the molecule is CCC(CC)[C@@H](c1ccccc1C)[C@H](C)OC[C@@](C)(C=O)NC(=O)c1nccc(OC)c1OC(=O)C(C)C. The molecule has 2 aromatic rings. The van der Waals surface area contributed by atoms with Gasteiger partial charge in [-0.15, -0.1) is 0 Å². The lowest BCUT2D eigenvalue weighted by atomic mass is 9.78. The normalized spacial score (nSPS) is 14.5. The minimum Gasteiger partial charge on any atom is -0.493 e. The van der Waals surface area contributed by atoms with Gasteiger partial charge in [0.1, 0.15) is 11.8 Å². The van der Waals surface area contributed by atoms with Crippen LogP contribution in [-0.2, 0) is 14.3 Å². The van der Waals surface area contributed by atoms with Gasteiger partial charge in [0.2, 0.25) is 5.75 Å². The first kappa shape index (κ1) is 31.0. The van der Waals surface area contributed by atoms with E-state index in [0.29, 0.717) is 12.2 Å². The van der Waals surface area contributed by atoms with Crippen LogP contribution in [0.5, 0.6) is 11.5 Å². The number of pyridine rings is 1. The first-order valence-electron chi connectivity index (χ1n) is 13.2. The number of nitrogens with one attached hydrogen (secondary N) is 1. The molecule has 0 aliphatic heterocycles. The van der Waals surface area contributed by atoms with Crippen molar-refractivity contribution in [3.8, 4) is 11.5 Å². The van der Waals surface area contributed by atoms with Crippen LogP contribution in [-0.4, -0.2) is 48.5 Å². The summed E-state index contributed by atoms with van der Waals surface area (Å²) in [6.45, 7) is 13.4. The van der Waals surface area contributed by atoms with Crippen LogP contribution in [0.4, 0.5) is 0 Å². The second kappa shape index (κ2) is 14.0. The Morgan fingerprint density at radius 3 is 2.32 bits per heavy atom. The van der Waals surface area contributed by atoms with E-state index in [2.05, 4.69) is 43.2 Å². The number of aldehydes is 1. The summed E-state index contributed by atoms with van der Waals surface area (Å²) >= 11 is 0. The summed E-state index contributed by atoms with van der Waals surface area (Å²) in [5.41, 5.74) is 0.913. The Kier molecular flexibility index (Phi) is 11.4. The van der Waals surface area contributed by atoms with Gasteiger partial charge in [-0.05, 0) is 37.8 Å². The lowest BCUT2D eigenvalue weighted by molar-refractivity contribution is -0.137. The van der Waals surface area contributed by atoms with E-state index in [-0.39, 0.29) is 35.8 Å². The lowest BCUT2D eigenvalue weighted by Crippen LogP contribution is -2.52. The molecule has 0 aliphatic carbocycles. The molecule has 1 amide bonds. The molecule has 208 valence electrons. The number of hydrogen-bond acceptors (Lipinski definition) is 7. The second-order valence-electron chi connectivity index (χ2n) is 10.2. The number of carbonyl (C=O) groups is 3. The first-order valence-corrected chi connectivity index (χ1v) is 13.2. The number of rotatable bonds is 14. The fourth-order valence-electron chi connectivity index (χ4n) is 4.54. The van der Waals surface area contributed by atoms with Gasteiger partial charge in [0.05, 0.1) is 25.7 Å². The molecule has 8 heteroatoms. The van der Waals surface area contributed by atoms with Crippen LogP contribution in [0.25, 0.3) is 0 Å². The van der Waals surface area contributed by atoms with Crippen molar-refractivity contribution in [1.29, 1.82) is 0 Å². The molecule has 0 radical (unpaired) electrons. The smallest absolute Gasteiger partial charge is 0.313 e. The van der Waals surface area contributed by atoms with Crippen LogP contribution in [0.3, 0.4) is 0 Å². The maximum Gasteiger partial charge on any atom is 0.313 e. The standard InChI is InChI=1S/C30H42N2O6/c1-9-22(10-2)25(23-14-12-11-13-20(23)5)21(6)37-18-30(7,17-33)32-28(34)26-27(38-29(35)19(3)4)24(36-8)15-16-31-26/h11-17,19,21-22,25H,9-10,18H2,1-8H3,(H,32,34)/t21-,25-,30+/m0/s1. The van der Waals surface area contributed by atoms with Crippen molar-refractivity contribution < 1.29 is 28.6 Å². The van der Waals surface area contributed by atoms with Crippen molar-refractivity contribution in [2.24, 2.45) is 11.8 Å². The van der Waals surface area contributed by atoms with Gasteiger partial charge in [-0.2, -0.15) is 0 Å². The zero-order valence-electron chi connectivity index (χ0n) is 23.9. The van der Waals surface area contributed by atoms with Gasteiger partial charge in [0.25, 0.3) is 5.91 Å². The third kappa shape index (κ3) is 7.63. The first-order chi connectivity index (χ1) is 18.0. The predicted octanol–water partition coefficient (Wildman–Crippen LogP) is 5.27. The Bertz CT molecular complexity index is 1100. The molecule has 0 fully saturated rings. The number of hydrogen-bond donors (Lipinski definition) is 1. The van der Waals surface area contributed by atoms with Crippen molar-refractivity contribution >= 4 is 18.2 Å². The van der Waals surface area contributed by atoms with Crippen LogP contribution in [0.2, 0.25) is 0 Å². The Morgan fingerprint density at radius 1 is 1.11 bits per heavy atom. The molecule has 1 heterocycles. The molecule has 1 aromatic heterocycles. The maximum atomic E-state index is 13.3. The molecular weight excluding hydrogens is 484 g/mol. The van der Waals surface area contributed by atoms with Gasteiger partial charge in [-0.1, -0.05) is 64.8 Å². The maximum absolute atomic E-state index is 13.3. The Balaban J connectivity index is 2.27. The Hall–Kier alpha value is -3.26. The lowest BCUT2D eigenvalue weighted by Gasteiger charge is -2.34. The quantitative estimate of drug-likeness (QED) is 0.264. The van der Waals surface area contributed by atoms with Crippen molar-refractivity contribution in [1.82, 2.24) is 10.3 Å². The van der Waals surface area contributed by atoms with E-state index in [1.165, 1.54) is 30.5 Å². The van der Waals surface area contributed by atoms with Crippen LogP contribution < -0.4 is 14.8 Å². The van der Waals surface area contributed by atoms with E-state index >= 15 is 0 Å². The molecule has 0 saturated carbocycles. The van der Waals surface area contributed by atoms with Crippen LogP contribution in [0.15, 0.2) is 36.5 Å². The number of aryl methyl sites for hydroxylation is 1. The third-order valence-electron chi connectivity index (χ3n) is 6.89. The third-order valence-corrected chi connectivity index (χ3v) is 6.89. The number of aromatic nitrogens is 1. The highest BCUT2D eigenvalue weighted by atomic mass is 16.6. The molecule has 0 bridgehead atoms. The van der Waals surface area contributed by atoms with Gasteiger partial charge in [-0.25, -0.2) is 4.98 Å². The molecule has 3 atom stereocenters. The fraction of sp³-hybridized carbons (Fsp3) is 0.533. The summed E-state index contributed by atoms with van der Waals surface area (Å²) in [6, 6.07) is 9.77. The van der Waals surface area contributed by atoms with Gasteiger partial charge in [-0.3, -0.25) is 9.59 Å². The molecular formula is C30H42N2O6. The zero-order valence-corrected chi connectivity index (χ0v) is 23.9. The summed E-state index contributed by atoms with van der Waals surface area (Å²) in [7, 11) is 1.40. The largest absolute Gasteiger partial charge is 0.493 e. The molecule has 1 N–H and O–H groups in total. The van der Waals surface area contributed by atoms with Crippen LogP contribution >= 0.6 is 0 Å². The summed E-state index contributed by atoms with van der Waals surface area (Å²) in [6.07, 6.45) is 3.79. The van der Waals surface area contributed by atoms with E-state index in [1.807, 2.05) is 19.1 Å². The van der Waals surface area contributed by atoms with Gasteiger partial charge >= 0.3 is 5.97 Å². The van der Waals surface area contributed by atoms with Crippen molar-refractivity contribution in [3.05, 3.63) is 53.3 Å². The molecule has 0 unspecified atom stereocenters. The van der Waals surface area contributed by atoms with E-state index in [4.69, 9.17) is 14.2 Å². The topological polar surface area (TPSA) is 104 Å². The molecule has 0 spiro atoms. The number of carbonyl (C=O) groups excluding carboxylic acids is 3. The van der Waals surface area contributed by atoms with E-state index in [9.17, 15) is 14.4 Å². The fourth-order valence-corrected chi connectivity index (χ4v) is 4.54. The molecule has 0 saturated heterocycles. The van der Waals surface area contributed by atoms with Crippen molar-refractivity contribution in [2.45, 2.75) is 78.9 Å². The Labute approximate surface area is 226 Å². The summed E-state index contributed by atoms with van der Waals surface area (Å²) in [4.78, 5) is 41.8. The van der Waals surface area contributed by atoms with Crippen LogP contribution in [0, 0.1) is 18.8 Å². The zero-order chi connectivity index (χ0) is 28.5. The predicted molar refractivity (Wildman–Crippen MR) is 147 cm³/mol. The molecule has 38 heavy (non-hydrogen) atoms. The van der Waals surface area contributed by atoms with Gasteiger partial charge in [0, 0.05) is 18.2 Å². The monoisotopic (exact) mass is 526 g/mol. The van der Waals surface area contributed by atoms with Crippen LogP contribution in [0.1, 0.15) is 81.9 Å². The number of benzene rings is 1. The van der Waals surface area contributed by atoms with Crippen molar-refractivity contribution in [3.63, 3.8) is 0 Å². The Morgan fingerprint density at radius 2 is 1.76 bits per heavy atom. The molecule has 8 nitrogen and oxygen atoms in total. The average Bonchev–Trinajstić information content (AvgIpc) is 2.90. The van der Waals surface area contributed by atoms with E-state index < -0.39 is 23.3 Å². The van der Waals surface area contributed by atoms with Gasteiger partial charge < -0.3 is 24.3 Å². The highest BCUT2D eigenvalue weighted by Crippen LogP contribution is 2.36. The van der Waals surface area contributed by atoms with Crippen molar-refractivity contribution in [2.75, 3.05) is 13.7 Å². The minimum absolute atomic E-state index is 0.0446. The minimum atomic E-state index is -1.35. The summed E-state index contributed by atoms with van der Waals surface area (Å²) in [5, 5.41) is 2.71. The number of amides is 1. The number of esters is 1. The van der Waals surface area contributed by atoms with E-state index in [1.54, 1.807) is 20.8 Å². The summed E-state index contributed by atoms with van der Waals surface area (Å²) in [5.74, 6) is -1.05. The second-order valence-corrected chi connectivity index (χ2v) is 10.2. The molecule has 0 aliphatic rings.